The molecular weight excluding hydrogens is 362 g/mol. The number of pyridine rings is 1. The first-order valence-corrected chi connectivity index (χ1v) is 10.4. The third-order valence-electron chi connectivity index (χ3n) is 5.89. The van der Waals surface area contributed by atoms with Crippen LogP contribution in [0.1, 0.15) is 35.7 Å². The van der Waals surface area contributed by atoms with E-state index >= 15 is 0 Å². The summed E-state index contributed by atoms with van der Waals surface area (Å²) in [5.74, 6) is 0.0606. The number of rotatable bonds is 5. The van der Waals surface area contributed by atoms with Crippen molar-refractivity contribution in [3.05, 3.63) is 47.8 Å². The minimum atomic E-state index is 0.0606. The van der Waals surface area contributed by atoms with E-state index in [1.807, 2.05) is 60.2 Å². The third-order valence-corrected chi connectivity index (χ3v) is 5.89. The molecule has 6 nitrogen and oxygen atoms in total. The van der Waals surface area contributed by atoms with E-state index in [1.54, 1.807) is 0 Å². The number of aryl methyl sites for hydroxylation is 2. The maximum absolute atomic E-state index is 13.5. The predicted octanol–water partition coefficient (Wildman–Crippen LogP) is 3.59. The Morgan fingerprint density at radius 1 is 1.34 bits per heavy atom. The molecular formula is C23H29N5O. The number of amides is 1. The molecule has 6 heteroatoms. The molecule has 3 heterocycles. The van der Waals surface area contributed by atoms with E-state index in [0.717, 1.165) is 60.2 Å². The molecule has 2 aromatic heterocycles. The summed E-state index contributed by atoms with van der Waals surface area (Å²) in [6.07, 6.45) is 5.89. The smallest absolute Gasteiger partial charge is 0.254 e. The molecule has 3 aromatic rings. The average molecular weight is 392 g/mol. The van der Waals surface area contributed by atoms with Gasteiger partial charge >= 0.3 is 0 Å². The number of hydrogen-bond donors (Lipinski definition) is 0. The molecule has 1 fully saturated rings. The number of fused-ring (bicyclic) bond motifs is 1. The van der Waals surface area contributed by atoms with E-state index in [1.165, 1.54) is 0 Å². The largest absolute Gasteiger partial charge is 0.337 e. The fourth-order valence-electron chi connectivity index (χ4n) is 4.15. The number of carbonyl (C=O) groups excluding carboxylic acids is 1. The fourth-order valence-corrected chi connectivity index (χ4v) is 4.15. The Morgan fingerprint density at radius 3 is 2.90 bits per heavy atom. The lowest BCUT2D eigenvalue weighted by molar-refractivity contribution is 0.0739. The van der Waals surface area contributed by atoms with Gasteiger partial charge in [-0.15, -0.1) is 0 Å². The predicted molar refractivity (Wildman–Crippen MR) is 116 cm³/mol. The van der Waals surface area contributed by atoms with Crippen molar-refractivity contribution in [3.8, 4) is 11.3 Å². The van der Waals surface area contributed by atoms with Crippen LogP contribution in [0.5, 0.6) is 0 Å². The molecule has 0 radical (unpaired) electrons. The van der Waals surface area contributed by atoms with Crippen LogP contribution in [0.3, 0.4) is 0 Å². The Balaban J connectivity index is 1.79. The van der Waals surface area contributed by atoms with Gasteiger partial charge in [0, 0.05) is 43.3 Å². The van der Waals surface area contributed by atoms with Crippen LogP contribution in [0.2, 0.25) is 0 Å². The summed E-state index contributed by atoms with van der Waals surface area (Å²) < 4.78 is 1.93. The molecule has 29 heavy (non-hydrogen) atoms. The highest BCUT2D eigenvalue weighted by Crippen LogP contribution is 2.28. The van der Waals surface area contributed by atoms with Gasteiger partial charge in [-0.2, -0.15) is 5.10 Å². The Labute approximate surface area is 172 Å². The molecule has 0 saturated carbocycles. The number of carbonyl (C=O) groups is 1. The van der Waals surface area contributed by atoms with Crippen LogP contribution in [0, 0.1) is 6.92 Å². The quantitative estimate of drug-likeness (QED) is 0.667. The van der Waals surface area contributed by atoms with Crippen LogP contribution in [0.15, 0.2) is 36.7 Å². The molecule has 0 spiro atoms. The van der Waals surface area contributed by atoms with Crippen molar-refractivity contribution in [2.75, 3.05) is 27.2 Å². The van der Waals surface area contributed by atoms with E-state index in [0.29, 0.717) is 5.56 Å². The zero-order valence-corrected chi connectivity index (χ0v) is 17.7. The minimum absolute atomic E-state index is 0.0606. The fraction of sp³-hybridized carbons (Fsp3) is 0.435. The molecule has 1 saturated heterocycles. The van der Waals surface area contributed by atoms with Gasteiger partial charge in [-0.05, 0) is 45.0 Å². The first kappa shape index (κ1) is 19.6. The Hall–Kier alpha value is -2.73. The summed E-state index contributed by atoms with van der Waals surface area (Å²) in [7, 11) is 4.03. The standard InChI is InChI=1S/C23H29N5O/c1-5-10-28-14-17(13-24-28)21-12-20(19-8-6-7-16(2)22(19)25-21)23(29)27(4)18-9-11-26(3)15-18/h6-8,12-14,18H,5,9-11,15H2,1-4H3/t18-/m0/s1. The molecule has 0 unspecified atom stereocenters. The van der Waals surface area contributed by atoms with Crippen LogP contribution in [-0.2, 0) is 6.54 Å². The second kappa shape index (κ2) is 7.95. The number of benzene rings is 1. The number of hydrogen-bond acceptors (Lipinski definition) is 4. The number of likely N-dealkylation sites (tertiary alicyclic amines) is 1. The second-order valence-electron chi connectivity index (χ2n) is 8.14. The van der Waals surface area contributed by atoms with Gasteiger partial charge in [-0.1, -0.05) is 25.1 Å². The Bertz CT molecular complexity index is 1040. The second-order valence-corrected chi connectivity index (χ2v) is 8.14. The zero-order valence-electron chi connectivity index (χ0n) is 17.7. The summed E-state index contributed by atoms with van der Waals surface area (Å²) in [4.78, 5) is 22.6. The van der Waals surface area contributed by atoms with Crippen molar-refractivity contribution in [2.45, 2.75) is 39.3 Å². The first-order valence-electron chi connectivity index (χ1n) is 10.4. The maximum atomic E-state index is 13.5. The van der Waals surface area contributed by atoms with Gasteiger partial charge in [0.05, 0.1) is 23.0 Å². The van der Waals surface area contributed by atoms with Crippen LogP contribution in [0.4, 0.5) is 0 Å². The topological polar surface area (TPSA) is 54.3 Å². The summed E-state index contributed by atoms with van der Waals surface area (Å²) in [5, 5.41) is 5.36. The lowest BCUT2D eigenvalue weighted by atomic mass is 10.0. The number of nitrogens with zero attached hydrogens (tertiary/aromatic N) is 5. The van der Waals surface area contributed by atoms with Gasteiger partial charge in [0.15, 0.2) is 0 Å². The minimum Gasteiger partial charge on any atom is -0.337 e. The monoisotopic (exact) mass is 391 g/mol. The summed E-state index contributed by atoms with van der Waals surface area (Å²) >= 11 is 0. The van der Waals surface area contributed by atoms with Gasteiger partial charge in [0.25, 0.3) is 5.91 Å². The van der Waals surface area contributed by atoms with E-state index in [-0.39, 0.29) is 11.9 Å². The first-order chi connectivity index (χ1) is 14.0. The highest BCUT2D eigenvalue weighted by molar-refractivity contribution is 6.07. The maximum Gasteiger partial charge on any atom is 0.254 e. The van der Waals surface area contributed by atoms with Crippen molar-refractivity contribution in [1.82, 2.24) is 24.6 Å². The molecule has 1 atom stereocenters. The van der Waals surface area contributed by atoms with Crippen LogP contribution in [-0.4, -0.2) is 63.7 Å². The highest BCUT2D eigenvalue weighted by atomic mass is 16.2. The lowest BCUT2D eigenvalue weighted by Gasteiger charge is -2.25. The molecule has 1 amide bonds. The Morgan fingerprint density at radius 2 is 2.17 bits per heavy atom. The van der Waals surface area contributed by atoms with Crippen molar-refractivity contribution in [3.63, 3.8) is 0 Å². The van der Waals surface area contributed by atoms with Crippen molar-refractivity contribution < 1.29 is 4.79 Å². The van der Waals surface area contributed by atoms with Gasteiger partial charge in [-0.3, -0.25) is 9.48 Å². The Kier molecular flexibility index (Phi) is 5.37. The normalized spacial score (nSPS) is 17.2. The van der Waals surface area contributed by atoms with Crippen molar-refractivity contribution in [1.29, 1.82) is 0 Å². The molecule has 4 rings (SSSR count). The molecule has 0 bridgehead atoms. The zero-order chi connectivity index (χ0) is 20.5. The molecule has 0 N–H and O–H groups in total. The SMILES string of the molecule is CCCn1cc(-c2cc(C(=O)N(C)[C@H]3CCN(C)C3)c3cccc(C)c3n2)cn1. The van der Waals surface area contributed by atoms with Crippen molar-refractivity contribution in [2.24, 2.45) is 0 Å². The molecule has 1 aliphatic rings. The third kappa shape index (κ3) is 3.77. The summed E-state index contributed by atoms with van der Waals surface area (Å²) in [5.41, 5.74) is 4.42. The highest BCUT2D eigenvalue weighted by Gasteiger charge is 2.28. The average Bonchev–Trinajstić information content (AvgIpc) is 3.36. The van der Waals surface area contributed by atoms with E-state index < -0.39 is 0 Å². The van der Waals surface area contributed by atoms with E-state index in [9.17, 15) is 4.79 Å². The van der Waals surface area contributed by atoms with Crippen molar-refractivity contribution >= 4 is 16.8 Å². The van der Waals surface area contributed by atoms with Crippen LogP contribution >= 0.6 is 0 Å². The van der Waals surface area contributed by atoms with Gasteiger partial charge in [0.2, 0.25) is 0 Å². The number of para-hydroxylation sites is 1. The number of likely N-dealkylation sites (N-methyl/N-ethyl adjacent to an activating group) is 2. The van der Waals surface area contributed by atoms with Crippen LogP contribution < -0.4 is 0 Å². The molecule has 0 aliphatic carbocycles. The van der Waals surface area contributed by atoms with Gasteiger partial charge in [0.1, 0.15) is 0 Å². The van der Waals surface area contributed by atoms with Gasteiger partial charge in [-0.25, -0.2) is 4.98 Å². The van der Waals surface area contributed by atoms with Gasteiger partial charge < -0.3 is 9.80 Å². The van der Waals surface area contributed by atoms with E-state index in [2.05, 4.69) is 24.0 Å². The number of aromatic nitrogens is 3. The van der Waals surface area contributed by atoms with Crippen LogP contribution in [0.25, 0.3) is 22.2 Å². The molecule has 1 aliphatic heterocycles. The summed E-state index contributed by atoms with van der Waals surface area (Å²) in [6, 6.07) is 8.23. The molecule has 152 valence electrons. The summed E-state index contributed by atoms with van der Waals surface area (Å²) in [6.45, 7) is 6.99. The lowest BCUT2D eigenvalue weighted by Crippen LogP contribution is -2.38. The van der Waals surface area contributed by atoms with E-state index in [4.69, 9.17) is 4.98 Å². The molecule has 1 aromatic carbocycles.